The maximum Gasteiger partial charge on any atom is 0.283 e. The van der Waals surface area contributed by atoms with Gasteiger partial charge in [0.2, 0.25) is 5.43 Å². The number of alkyl halides is 2. The molecule has 0 saturated carbocycles. The lowest BCUT2D eigenvalue weighted by Gasteiger charge is -2.30. The number of hydrazine groups is 1. The van der Waals surface area contributed by atoms with Crippen LogP contribution in [0.1, 0.15) is 17.3 Å². The molecule has 190 valence electrons. The molecule has 3 heterocycles. The van der Waals surface area contributed by atoms with Crippen molar-refractivity contribution in [1.29, 1.82) is 0 Å². The van der Waals surface area contributed by atoms with Crippen LogP contribution in [0.2, 0.25) is 0 Å². The van der Waals surface area contributed by atoms with Crippen LogP contribution < -0.4 is 10.7 Å². The number of morpholine rings is 1. The van der Waals surface area contributed by atoms with Crippen molar-refractivity contribution in [3.8, 4) is 0 Å². The molecule has 35 heavy (non-hydrogen) atoms. The van der Waals surface area contributed by atoms with Gasteiger partial charge in [0, 0.05) is 37.5 Å². The van der Waals surface area contributed by atoms with Crippen LogP contribution in [-0.4, -0.2) is 103 Å². The van der Waals surface area contributed by atoms with E-state index in [2.05, 4.69) is 21.6 Å². The average molecular weight is 492 g/mol. The van der Waals surface area contributed by atoms with Crippen LogP contribution in [0.5, 0.6) is 0 Å². The van der Waals surface area contributed by atoms with Crippen molar-refractivity contribution in [1.82, 2.24) is 19.7 Å². The number of hydrogen-bond donors (Lipinski definition) is 1. The minimum atomic E-state index is -2.93. The predicted molar refractivity (Wildman–Crippen MR) is 128 cm³/mol. The van der Waals surface area contributed by atoms with Gasteiger partial charge in [-0.1, -0.05) is 12.1 Å². The molecule has 2 aromatic rings. The zero-order valence-corrected chi connectivity index (χ0v) is 20.2. The third kappa shape index (κ3) is 7.06. The fraction of sp³-hybridized carbons (Fsp3) is 0.542. The van der Waals surface area contributed by atoms with Gasteiger partial charge in [-0.05, 0) is 17.7 Å². The summed E-state index contributed by atoms with van der Waals surface area (Å²) in [6.45, 7) is 1.72. The van der Waals surface area contributed by atoms with Crippen LogP contribution >= 0.6 is 0 Å². The number of benzene rings is 1. The fourth-order valence-corrected chi connectivity index (χ4v) is 4.18. The summed E-state index contributed by atoms with van der Waals surface area (Å²) in [5.74, 6) is -2.93. The van der Waals surface area contributed by atoms with Crippen LogP contribution in [0.15, 0.2) is 41.3 Å². The summed E-state index contributed by atoms with van der Waals surface area (Å²) >= 11 is 0. The number of hydrogen-bond acceptors (Lipinski definition) is 7. The van der Waals surface area contributed by atoms with Gasteiger partial charge in [0.1, 0.15) is 25.6 Å². The lowest BCUT2D eigenvalue weighted by molar-refractivity contribution is -0.648. The van der Waals surface area contributed by atoms with Gasteiger partial charge in [0.25, 0.3) is 5.92 Å². The van der Waals surface area contributed by atoms with Crippen molar-refractivity contribution < 1.29 is 22.9 Å². The Kier molecular flexibility index (Phi) is 8.09. The number of anilines is 1. The number of likely N-dealkylation sites (N-methyl/N-ethyl adjacent to an activating group) is 1. The van der Waals surface area contributed by atoms with E-state index in [1.807, 2.05) is 47.7 Å². The third-order valence-corrected chi connectivity index (χ3v) is 6.17. The molecular formula is C24H33F2N6O3+. The lowest BCUT2D eigenvalue weighted by atomic mass is 10.1. The van der Waals surface area contributed by atoms with Gasteiger partial charge >= 0.3 is 0 Å². The van der Waals surface area contributed by atoms with Crippen LogP contribution in [0, 0.1) is 0 Å². The third-order valence-electron chi connectivity index (χ3n) is 6.17. The summed E-state index contributed by atoms with van der Waals surface area (Å²) in [6, 6.07) is 9.05. The Labute approximate surface area is 203 Å². The molecule has 1 aromatic heterocycles. The Balaban J connectivity index is 1.30. The highest BCUT2D eigenvalue weighted by Crippen LogP contribution is 2.18. The molecule has 2 aliphatic heterocycles. The van der Waals surface area contributed by atoms with Crippen molar-refractivity contribution in [2.75, 3.05) is 72.1 Å². The van der Waals surface area contributed by atoms with Gasteiger partial charge in [0.15, 0.2) is 19.3 Å². The molecule has 1 aromatic carbocycles. The first kappa shape index (κ1) is 25.2. The van der Waals surface area contributed by atoms with Gasteiger partial charge in [-0.2, -0.15) is 10.1 Å². The summed E-state index contributed by atoms with van der Waals surface area (Å²) in [4.78, 5) is 14.1. The molecule has 9 nitrogen and oxygen atoms in total. The van der Waals surface area contributed by atoms with Gasteiger partial charge in [0.05, 0.1) is 26.8 Å². The van der Waals surface area contributed by atoms with Gasteiger partial charge in [-0.25, -0.2) is 8.78 Å². The standard InChI is InChI=1S/C24H33F2N6O3/c1-29-14-21(15-30(29)2)32-7-6-23(33)22(28-32)13-19-4-3-5-20(12-19)27-18-35-17-24(25,26)16-31-8-10-34-11-9-31/h3-7,12,14,21,27H,8-11,13,15-18H2,1-2H3/q+1. The molecule has 4 rings (SSSR count). The van der Waals surface area contributed by atoms with Crippen molar-refractivity contribution >= 4 is 11.9 Å². The van der Waals surface area contributed by atoms with E-state index in [4.69, 9.17) is 9.47 Å². The van der Waals surface area contributed by atoms with E-state index >= 15 is 0 Å². The van der Waals surface area contributed by atoms with Crippen molar-refractivity contribution in [3.63, 3.8) is 0 Å². The molecule has 1 unspecified atom stereocenters. The first-order valence-corrected chi connectivity index (χ1v) is 11.7. The Morgan fingerprint density at radius 3 is 2.83 bits per heavy atom. The minimum Gasteiger partial charge on any atom is -0.379 e. The Bertz CT molecular complexity index is 1090. The molecule has 0 amide bonds. The molecule has 0 aliphatic carbocycles. The Morgan fingerprint density at radius 2 is 2.09 bits per heavy atom. The Morgan fingerprint density at radius 1 is 1.29 bits per heavy atom. The molecule has 0 bridgehead atoms. The van der Waals surface area contributed by atoms with E-state index in [1.54, 1.807) is 17.2 Å². The zero-order valence-electron chi connectivity index (χ0n) is 20.2. The van der Waals surface area contributed by atoms with E-state index < -0.39 is 12.5 Å². The van der Waals surface area contributed by atoms with Crippen molar-refractivity contribution in [3.05, 3.63) is 58.0 Å². The van der Waals surface area contributed by atoms with E-state index in [0.29, 0.717) is 38.4 Å². The van der Waals surface area contributed by atoms with E-state index in [9.17, 15) is 13.6 Å². The molecule has 1 fully saturated rings. The second-order valence-corrected chi connectivity index (χ2v) is 9.03. The maximum absolute atomic E-state index is 14.2. The highest BCUT2D eigenvalue weighted by atomic mass is 19.3. The Hall–Kier alpha value is -2.89. The number of halogens is 2. The van der Waals surface area contributed by atoms with E-state index in [-0.39, 0.29) is 24.7 Å². The summed E-state index contributed by atoms with van der Waals surface area (Å²) in [7, 11) is 3.96. The summed E-state index contributed by atoms with van der Waals surface area (Å²) in [5, 5.41) is 9.67. The molecule has 2 aliphatic rings. The monoisotopic (exact) mass is 491 g/mol. The maximum atomic E-state index is 14.2. The molecule has 11 heteroatoms. The van der Waals surface area contributed by atoms with Crippen LogP contribution in [-0.2, 0) is 15.9 Å². The van der Waals surface area contributed by atoms with Crippen LogP contribution in [0.3, 0.4) is 0 Å². The molecule has 1 atom stereocenters. The predicted octanol–water partition coefficient (Wildman–Crippen LogP) is 1.30. The van der Waals surface area contributed by atoms with Gasteiger partial charge < -0.3 is 14.8 Å². The first-order chi connectivity index (χ1) is 16.8. The highest BCUT2D eigenvalue weighted by Gasteiger charge is 2.32. The number of ether oxygens (including phenoxy) is 2. The molecule has 1 saturated heterocycles. The highest BCUT2D eigenvalue weighted by molar-refractivity contribution is 5.58. The van der Waals surface area contributed by atoms with Gasteiger partial charge in [-0.15, -0.1) is 4.68 Å². The van der Waals surface area contributed by atoms with Crippen LogP contribution in [0.4, 0.5) is 14.5 Å². The number of rotatable bonds is 10. The molecule has 0 spiro atoms. The quantitative estimate of drug-likeness (QED) is 0.305. The second kappa shape index (κ2) is 11.2. The minimum absolute atomic E-state index is 0.0445. The topological polar surface area (TPSA) is 74.9 Å². The van der Waals surface area contributed by atoms with Crippen LogP contribution in [0.25, 0.3) is 0 Å². The zero-order chi connectivity index (χ0) is 24.8. The number of nitrogens with zero attached hydrogens (tertiary/aromatic N) is 5. The normalized spacial score (nSPS) is 19.1. The number of hydrazone groups is 1. The summed E-state index contributed by atoms with van der Waals surface area (Å²) in [6.07, 6.45) is 4.13. The lowest BCUT2D eigenvalue weighted by Crippen LogP contribution is -2.45. The van der Waals surface area contributed by atoms with Crippen molar-refractivity contribution in [2.24, 2.45) is 0 Å². The largest absolute Gasteiger partial charge is 0.379 e. The van der Waals surface area contributed by atoms with Gasteiger partial charge in [-0.3, -0.25) is 14.4 Å². The number of nitrogens with one attached hydrogen (secondary N) is 1. The SMILES string of the molecule is CN1CC(n2ccc(=O)c(Cc3cccc(NCOCC(F)(F)CN4CCOCC4)c3)n2)C=[N+]1C. The molecular weight excluding hydrogens is 458 g/mol. The summed E-state index contributed by atoms with van der Waals surface area (Å²) in [5.41, 5.74) is 1.95. The number of aromatic nitrogens is 2. The smallest absolute Gasteiger partial charge is 0.283 e. The van der Waals surface area contributed by atoms with E-state index in [1.165, 1.54) is 0 Å². The molecule has 1 N–H and O–H groups in total. The average Bonchev–Trinajstić information content (AvgIpc) is 3.17. The first-order valence-electron chi connectivity index (χ1n) is 11.7. The molecule has 0 radical (unpaired) electrons. The van der Waals surface area contributed by atoms with E-state index in [0.717, 1.165) is 17.8 Å². The second-order valence-electron chi connectivity index (χ2n) is 9.03. The van der Waals surface area contributed by atoms with Crippen molar-refractivity contribution in [2.45, 2.75) is 18.4 Å². The summed E-state index contributed by atoms with van der Waals surface area (Å²) < 4.78 is 42.6. The fourth-order valence-electron chi connectivity index (χ4n) is 4.18.